The van der Waals surface area contributed by atoms with E-state index < -0.39 is 24.2 Å². The van der Waals surface area contributed by atoms with E-state index in [1.165, 1.54) is 6.92 Å². The molecule has 2 amide bonds. The minimum atomic E-state index is -0.998. The number of ether oxygens (including phenoxy) is 2. The summed E-state index contributed by atoms with van der Waals surface area (Å²) in [5.74, 6) is -0.362. The monoisotopic (exact) mass is 432 g/mol. The van der Waals surface area contributed by atoms with Crippen LogP contribution in [0.1, 0.15) is 38.7 Å². The standard InChI is InChI=1S/C23H32N2O6/c1-14(2)30-12-6-10-25(15(3)27)18-13-17(23(29)24-9-11-26)20-16-7-4-5-8-19(16)31-22(20)21(18)28/h4-5,7-8,13-14,18,20-22,26,28H,6,9-12H2,1-3H3,(H,24,29)/t18-,20+,21+,22+/m1/s1. The number of nitrogens with zero attached hydrogens (tertiary/aromatic N) is 1. The Labute approximate surface area is 182 Å². The molecule has 4 atom stereocenters. The third-order valence-corrected chi connectivity index (χ3v) is 5.64. The molecular formula is C23H32N2O6. The number of amides is 2. The number of nitrogens with one attached hydrogen (secondary N) is 1. The zero-order chi connectivity index (χ0) is 22.5. The van der Waals surface area contributed by atoms with Crippen LogP contribution in [0, 0.1) is 0 Å². The number of para-hydroxylation sites is 1. The number of carbonyl (C=O) groups is 2. The quantitative estimate of drug-likeness (QED) is 0.502. The highest BCUT2D eigenvalue weighted by Crippen LogP contribution is 2.47. The van der Waals surface area contributed by atoms with Crippen LogP contribution in [0.3, 0.4) is 0 Å². The third-order valence-electron chi connectivity index (χ3n) is 5.64. The number of hydrogen-bond acceptors (Lipinski definition) is 6. The molecule has 3 rings (SSSR count). The Kier molecular flexibility index (Phi) is 7.69. The molecular weight excluding hydrogens is 400 g/mol. The van der Waals surface area contributed by atoms with Gasteiger partial charge >= 0.3 is 0 Å². The number of fused-ring (bicyclic) bond motifs is 3. The van der Waals surface area contributed by atoms with E-state index in [1.54, 1.807) is 11.0 Å². The largest absolute Gasteiger partial charge is 0.486 e. The van der Waals surface area contributed by atoms with Gasteiger partial charge in [-0.25, -0.2) is 0 Å². The first-order valence-electron chi connectivity index (χ1n) is 10.8. The average Bonchev–Trinajstić information content (AvgIpc) is 3.12. The fraction of sp³-hybridized carbons (Fsp3) is 0.565. The summed E-state index contributed by atoms with van der Waals surface area (Å²) in [7, 11) is 0. The van der Waals surface area contributed by atoms with Crippen molar-refractivity contribution in [1.29, 1.82) is 0 Å². The van der Waals surface area contributed by atoms with Gasteiger partial charge in [-0.3, -0.25) is 9.59 Å². The van der Waals surface area contributed by atoms with E-state index in [0.29, 0.717) is 30.9 Å². The molecule has 0 unspecified atom stereocenters. The van der Waals surface area contributed by atoms with Crippen molar-refractivity contribution in [3.8, 4) is 5.75 Å². The van der Waals surface area contributed by atoms with E-state index in [-0.39, 0.29) is 31.1 Å². The summed E-state index contributed by atoms with van der Waals surface area (Å²) < 4.78 is 11.6. The number of aliphatic hydroxyl groups is 2. The second-order valence-electron chi connectivity index (χ2n) is 8.17. The highest BCUT2D eigenvalue weighted by atomic mass is 16.5. The molecule has 1 aliphatic carbocycles. The topological polar surface area (TPSA) is 108 Å². The van der Waals surface area contributed by atoms with Crippen molar-refractivity contribution in [3.05, 3.63) is 41.5 Å². The van der Waals surface area contributed by atoms with E-state index >= 15 is 0 Å². The lowest BCUT2D eigenvalue weighted by Crippen LogP contribution is -2.55. The number of benzene rings is 1. The second kappa shape index (κ2) is 10.3. The van der Waals surface area contributed by atoms with Crippen molar-refractivity contribution < 1.29 is 29.3 Å². The predicted octanol–water partition coefficient (Wildman–Crippen LogP) is 0.973. The Bertz CT molecular complexity index is 824. The molecule has 0 saturated heterocycles. The van der Waals surface area contributed by atoms with Crippen LogP contribution in [0.5, 0.6) is 5.75 Å². The summed E-state index contributed by atoms with van der Waals surface area (Å²) in [6.07, 6.45) is 0.696. The van der Waals surface area contributed by atoms with Gasteiger partial charge in [0.2, 0.25) is 11.8 Å². The maximum atomic E-state index is 12.9. The SMILES string of the molecule is CC(=O)N(CCCOC(C)C)[C@@H]1C=C(C(=O)NCCO)[C@@H]2c3ccccc3O[C@@H]2[C@H]1O. The lowest BCUT2D eigenvalue weighted by Gasteiger charge is -2.40. The first-order valence-corrected chi connectivity index (χ1v) is 10.8. The molecule has 8 nitrogen and oxygen atoms in total. The van der Waals surface area contributed by atoms with Crippen LogP contribution in [0.4, 0.5) is 0 Å². The van der Waals surface area contributed by atoms with Crippen molar-refractivity contribution in [3.63, 3.8) is 0 Å². The van der Waals surface area contributed by atoms with Crippen LogP contribution in [-0.4, -0.2) is 77.6 Å². The lowest BCUT2D eigenvalue weighted by molar-refractivity contribution is -0.135. The third kappa shape index (κ3) is 5.08. The smallest absolute Gasteiger partial charge is 0.247 e. The van der Waals surface area contributed by atoms with Gasteiger partial charge in [-0.05, 0) is 32.4 Å². The van der Waals surface area contributed by atoms with Gasteiger partial charge in [0.25, 0.3) is 0 Å². The summed E-state index contributed by atoms with van der Waals surface area (Å²) in [5.41, 5.74) is 1.26. The van der Waals surface area contributed by atoms with Crippen LogP contribution >= 0.6 is 0 Å². The van der Waals surface area contributed by atoms with Gasteiger partial charge in [0.05, 0.1) is 24.7 Å². The molecule has 0 aromatic heterocycles. The molecule has 2 aliphatic rings. The Balaban J connectivity index is 1.91. The molecule has 3 N–H and O–H groups in total. The first-order chi connectivity index (χ1) is 14.8. The first kappa shape index (κ1) is 23.2. The van der Waals surface area contributed by atoms with E-state index in [1.807, 2.05) is 38.1 Å². The van der Waals surface area contributed by atoms with Gasteiger partial charge < -0.3 is 29.9 Å². The van der Waals surface area contributed by atoms with Gasteiger partial charge in [-0.1, -0.05) is 18.2 Å². The van der Waals surface area contributed by atoms with E-state index in [0.717, 1.165) is 5.56 Å². The van der Waals surface area contributed by atoms with Gasteiger partial charge in [0, 0.05) is 37.8 Å². The predicted molar refractivity (Wildman–Crippen MR) is 115 cm³/mol. The molecule has 1 aromatic rings. The summed E-state index contributed by atoms with van der Waals surface area (Å²) in [6.45, 7) is 6.16. The maximum absolute atomic E-state index is 12.9. The number of aliphatic hydroxyl groups excluding tert-OH is 2. The molecule has 1 heterocycles. The van der Waals surface area contributed by atoms with Crippen LogP contribution < -0.4 is 10.1 Å². The fourth-order valence-corrected chi connectivity index (χ4v) is 4.26. The molecule has 1 aromatic carbocycles. The van der Waals surface area contributed by atoms with Crippen molar-refractivity contribution >= 4 is 11.8 Å². The Morgan fingerprint density at radius 1 is 1.29 bits per heavy atom. The molecule has 0 radical (unpaired) electrons. The summed E-state index contributed by atoms with van der Waals surface area (Å²) in [6, 6.07) is 6.69. The number of hydrogen-bond donors (Lipinski definition) is 3. The molecule has 8 heteroatoms. The lowest BCUT2D eigenvalue weighted by atomic mass is 9.77. The molecule has 170 valence electrons. The molecule has 1 aliphatic heterocycles. The molecule has 0 bridgehead atoms. The van der Waals surface area contributed by atoms with Gasteiger partial charge in [0.15, 0.2) is 0 Å². The number of carbonyl (C=O) groups excluding carboxylic acids is 2. The Hall–Kier alpha value is -2.42. The molecule has 0 saturated carbocycles. The number of rotatable bonds is 9. The van der Waals surface area contributed by atoms with Crippen LogP contribution in [0.25, 0.3) is 0 Å². The molecule has 31 heavy (non-hydrogen) atoms. The van der Waals surface area contributed by atoms with Crippen LogP contribution in [0.15, 0.2) is 35.9 Å². The van der Waals surface area contributed by atoms with Gasteiger partial charge in [-0.2, -0.15) is 0 Å². The minimum Gasteiger partial charge on any atom is -0.486 e. The van der Waals surface area contributed by atoms with E-state index in [9.17, 15) is 14.7 Å². The fourth-order valence-electron chi connectivity index (χ4n) is 4.26. The van der Waals surface area contributed by atoms with Crippen molar-refractivity contribution in [2.75, 3.05) is 26.3 Å². The van der Waals surface area contributed by atoms with Crippen molar-refractivity contribution in [2.45, 2.75) is 57.5 Å². The van der Waals surface area contributed by atoms with Crippen molar-refractivity contribution in [2.24, 2.45) is 0 Å². The highest BCUT2D eigenvalue weighted by Gasteiger charge is 2.50. The Morgan fingerprint density at radius 3 is 2.71 bits per heavy atom. The van der Waals surface area contributed by atoms with Gasteiger partial charge in [0.1, 0.15) is 18.0 Å². The van der Waals surface area contributed by atoms with Crippen LogP contribution in [-0.2, 0) is 14.3 Å². The second-order valence-corrected chi connectivity index (χ2v) is 8.17. The zero-order valence-electron chi connectivity index (χ0n) is 18.3. The summed E-state index contributed by atoms with van der Waals surface area (Å²) >= 11 is 0. The Morgan fingerprint density at radius 2 is 2.03 bits per heavy atom. The van der Waals surface area contributed by atoms with Crippen LogP contribution in [0.2, 0.25) is 0 Å². The van der Waals surface area contributed by atoms with Gasteiger partial charge in [-0.15, -0.1) is 0 Å². The highest BCUT2D eigenvalue weighted by molar-refractivity contribution is 5.96. The normalized spacial score (nSPS) is 24.1. The minimum absolute atomic E-state index is 0.0962. The van der Waals surface area contributed by atoms with E-state index in [4.69, 9.17) is 14.6 Å². The summed E-state index contributed by atoms with van der Waals surface area (Å²) in [5, 5.41) is 23.0. The molecule has 0 spiro atoms. The summed E-state index contributed by atoms with van der Waals surface area (Å²) in [4.78, 5) is 27.0. The zero-order valence-corrected chi connectivity index (χ0v) is 18.3. The average molecular weight is 433 g/mol. The van der Waals surface area contributed by atoms with E-state index in [2.05, 4.69) is 5.32 Å². The van der Waals surface area contributed by atoms with Crippen molar-refractivity contribution in [1.82, 2.24) is 10.2 Å². The molecule has 0 fully saturated rings. The maximum Gasteiger partial charge on any atom is 0.247 e.